The highest BCUT2D eigenvalue weighted by atomic mass is 28.2. The van der Waals surface area contributed by atoms with Crippen molar-refractivity contribution in [2.75, 3.05) is 0 Å². The van der Waals surface area contributed by atoms with E-state index in [4.69, 9.17) is 0 Å². The molecule has 0 radical (unpaired) electrons. The molecule has 2 aromatic rings. The van der Waals surface area contributed by atoms with Gasteiger partial charge in [-0.05, 0) is 48.3 Å². The van der Waals surface area contributed by atoms with Gasteiger partial charge in [0.25, 0.3) is 0 Å². The van der Waals surface area contributed by atoms with E-state index in [1.807, 2.05) is 12.4 Å². The molecule has 1 aromatic carbocycles. The summed E-state index contributed by atoms with van der Waals surface area (Å²) in [5, 5.41) is 1.38. The fourth-order valence-corrected chi connectivity index (χ4v) is 5.31. The van der Waals surface area contributed by atoms with E-state index >= 15 is 0 Å². The van der Waals surface area contributed by atoms with Gasteiger partial charge in [0.15, 0.2) is 5.82 Å². The summed E-state index contributed by atoms with van der Waals surface area (Å²) in [6.07, 6.45) is 13.7. The smallest absolute Gasteiger partial charge is 0.159 e. The quantitative estimate of drug-likeness (QED) is 0.666. The maximum absolute atomic E-state index is 4.60. The average molecular weight is 353 g/mol. The zero-order chi connectivity index (χ0) is 17.5. The maximum atomic E-state index is 4.60. The second-order valence-corrected chi connectivity index (χ2v) is 9.67. The van der Waals surface area contributed by atoms with Crippen molar-refractivity contribution in [2.45, 2.75) is 70.8 Å². The highest BCUT2D eigenvalue weighted by molar-refractivity contribution is 6.53. The van der Waals surface area contributed by atoms with Gasteiger partial charge in [0.2, 0.25) is 0 Å². The Labute approximate surface area is 155 Å². The van der Waals surface area contributed by atoms with E-state index in [-0.39, 0.29) is 9.52 Å². The van der Waals surface area contributed by atoms with Crippen LogP contribution in [0.3, 0.4) is 0 Å². The van der Waals surface area contributed by atoms with Crippen molar-refractivity contribution in [1.29, 1.82) is 0 Å². The molecule has 3 rings (SSSR count). The number of rotatable bonds is 7. The van der Waals surface area contributed by atoms with E-state index in [0.29, 0.717) is 0 Å². The molecule has 1 aliphatic rings. The first kappa shape index (κ1) is 18.3. The largest absolute Gasteiger partial charge is 0.237 e. The van der Waals surface area contributed by atoms with Gasteiger partial charge in [-0.2, -0.15) is 0 Å². The zero-order valence-corrected chi connectivity index (χ0v) is 17.3. The van der Waals surface area contributed by atoms with Crippen LogP contribution in [0.5, 0.6) is 0 Å². The van der Waals surface area contributed by atoms with E-state index < -0.39 is 0 Å². The van der Waals surface area contributed by atoms with Crippen LogP contribution in [-0.4, -0.2) is 19.5 Å². The van der Waals surface area contributed by atoms with Crippen molar-refractivity contribution in [3.05, 3.63) is 42.2 Å². The summed E-state index contributed by atoms with van der Waals surface area (Å²) in [7, 11) is -0.161. The first-order valence-corrected chi connectivity index (χ1v) is 11.9. The average Bonchev–Trinajstić information content (AvgIpc) is 2.68. The number of hydrogen-bond acceptors (Lipinski definition) is 2. The summed E-state index contributed by atoms with van der Waals surface area (Å²) < 4.78 is 0. The van der Waals surface area contributed by atoms with Crippen molar-refractivity contribution in [3.8, 4) is 11.4 Å². The molecule has 1 fully saturated rings. The van der Waals surface area contributed by atoms with Gasteiger partial charge in [-0.15, -0.1) is 0 Å². The minimum atomic E-state index is -0.161. The molecule has 0 aliphatic heterocycles. The topological polar surface area (TPSA) is 25.8 Å². The minimum Gasteiger partial charge on any atom is -0.237 e. The number of hydrogen-bond donors (Lipinski definition) is 0. The highest BCUT2D eigenvalue weighted by Crippen LogP contribution is 2.37. The van der Waals surface area contributed by atoms with Gasteiger partial charge in [0.05, 0.1) is 9.52 Å². The SMILES string of the molecule is CCC[SiH2]c1cnc(-c2ccc(C3CCC(CCC)CC3)cc2)nc1. The lowest BCUT2D eigenvalue weighted by atomic mass is 9.77. The molecule has 0 N–H and O–H groups in total. The van der Waals surface area contributed by atoms with Gasteiger partial charge >= 0.3 is 0 Å². The molecule has 1 aromatic heterocycles. The third kappa shape index (κ3) is 5.01. The summed E-state index contributed by atoms with van der Waals surface area (Å²) in [5.74, 6) is 2.60. The Hall–Kier alpha value is -1.48. The van der Waals surface area contributed by atoms with E-state index in [1.54, 1.807) is 0 Å². The molecule has 2 nitrogen and oxygen atoms in total. The molecule has 0 spiro atoms. The third-order valence-corrected chi connectivity index (χ3v) is 7.71. The Morgan fingerprint density at radius 2 is 1.60 bits per heavy atom. The molecule has 134 valence electrons. The number of benzene rings is 1. The first-order chi connectivity index (χ1) is 12.3. The van der Waals surface area contributed by atoms with Gasteiger partial charge in [-0.25, -0.2) is 9.97 Å². The van der Waals surface area contributed by atoms with Crippen LogP contribution in [0, 0.1) is 5.92 Å². The number of aromatic nitrogens is 2. The second-order valence-electron chi connectivity index (χ2n) is 7.65. The summed E-state index contributed by atoms with van der Waals surface area (Å²) in [4.78, 5) is 9.20. The molecule has 0 atom stereocenters. The van der Waals surface area contributed by atoms with Crippen LogP contribution in [-0.2, 0) is 0 Å². The fraction of sp³-hybridized carbons (Fsp3) is 0.545. The van der Waals surface area contributed by atoms with Gasteiger partial charge in [0, 0.05) is 18.0 Å². The lowest BCUT2D eigenvalue weighted by Gasteiger charge is -2.28. The van der Waals surface area contributed by atoms with E-state index in [9.17, 15) is 0 Å². The van der Waals surface area contributed by atoms with Crippen LogP contribution in [0.1, 0.15) is 70.3 Å². The lowest BCUT2D eigenvalue weighted by molar-refractivity contribution is 0.308. The summed E-state index contributed by atoms with van der Waals surface area (Å²) in [5.41, 5.74) is 2.65. The molecule has 0 unspecified atom stereocenters. The van der Waals surface area contributed by atoms with E-state index in [0.717, 1.165) is 23.2 Å². The molecule has 0 bridgehead atoms. The van der Waals surface area contributed by atoms with Crippen LogP contribution in [0.2, 0.25) is 6.04 Å². The molecule has 0 amide bonds. The monoisotopic (exact) mass is 352 g/mol. The van der Waals surface area contributed by atoms with Gasteiger partial charge < -0.3 is 0 Å². The molecule has 0 saturated heterocycles. The van der Waals surface area contributed by atoms with E-state index in [1.165, 1.54) is 61.7 Å². The molecule has 1 saturated carbocycles. The Balaban J connectivity index is 1.60. The van der Waals surface area contributed by atoms with Gasteiger partial charge in [-0.3, -0.25) is 0 Å². The normalized spacial score (nSPS) is 21.0. The molecule has 1 aliphatic carbocycles. The first-order valence-electron chi connectivity index (χ1n) is 10.2. The number of nitrogens with zero attached hydrogens (tertiary/aromatic N) is 2. The predicted molar refractivity (Wildman–Crippen MR) is 110 cm³/mol. The highest BCUT2D eigenvalue weighted by Gasteiger charge is 2.21. The summed E-state index contributed by atoms with van der Waals surface area (Å²) >= 11 is 0. The Bertz CT molecular complexity index is 628. The Morgan fingerprint density at radius 1 is 0.920 bits per heavy atom. The lowest BCUT2D eigenvalue weighted by Crippen LogP contribution is -2.15. The molecule has 3 heteroatoms. The molecular weight excluding hydrogens is 320 g/mol. The van der Waals surface area contributed by atoms with Crippen molar-refractivity contribution >= 4 is 14.7 Å². The maximum Gasteiger partial charge on any atom is 0.159 e. The summed E-state index contributed by atoms with van der Waals surface area (Å²) in [6.45, 7) is 4.56. The van der Waals surface area contributed by atoms with Crippen molar-refractivity contribution in [3.63, 3.8) is 0 Å². The predicted octanol–water partition coefficient (Wildman–Crippen LogP) is 4.84. The van der Waals surface area contributed by atoms with Crippen LogP contribution in [0.25, 0.3) is 11.4 Å². The van der Waals surface area contributed by atoms with Crippen LogP contribution in [0.4, 0.5) is 0 Å². The van der Waals surface area contributed by atoms with E-state index in [2.05, 4.69) is 48.1 Å². The third-order valence-electron chi connectivity index (χ3n) is 5.71. The van der Waals surface area contributed by atoms with Crippen molar-refractivity contribution in [1.82, 2.24) is 9.97 Å². The summed E-state index contributed by atoms with van der Waals surface area (Å²) in [6, 6.07) is 10.4. The van der Waals surface area contributed by atoms with Crippen LogP contribution >= 0.6 is 0 Å². The standard InChI is InChI=1S/C22H32N2Si/c1-3-5-17-6-8-18(9-7-17)19-10-12-20(13-11-19)22-23-15-21(16-24-22)25-14-4-2/h10-13,15-18H,3-9,14,25H2,1-2H3. The second kappa shape index (κ2) is 9.28. The van der Waals surface area contributed by atoms with Crippen LogP contribution in [0.15, 0.2) is 36.7 Å². The minimum absolute atomic E-state index is 0.161. The molecular formula is C22H32N2Si. The Kier molecular flexibility index (Phi) is 6.80. The van der Waals surface area contributed by atoms with Crippen LogP contribution < -0.4 is 5.19 Å². The van der Waals surface area contributed by atoms with Gasteiger partial charge in [0.1, 0.15) is 0 Å². The zero-order valence-electron chi connectivity index (χ0n) is 15.9. The fourth-order valence-electron chi connectivity index (χ4n) is 4.11. The van der Waals surface area contributed by atoms with Gasteiger partial charge in [-0.1, -0.05) is 63.4 Å². The molecule has 25 heavy (non-hydrogen) atoms. The Morgan fingerprint density at radius 3 is 2.20 bits per heavy atom. The van der Waals surface area contributed by atoms with Crippen molar-refractivity contribution < 1.29 is 0 Å². The molecule has 1 heterocycles. The van der Waals surface area contributed by atoms with Crippen molar-refractivity contribution in [2.24, 2.45) is 5.92 Å².